The lowest BCUT2D eigenvalue weighted by Crippen LogP contribution is -2.35. The average molecular weight is 295 g/mol. The van der Waals surface area contributed by atoms with Crippen molar-refractivity contribution in [2.45, 2.75) is 19.8 Å². The van der Waals surface area contributed by atoms with Gasteiger partial charge in [-0.05, 0) is 48.7 Å². The molecule has 0 atom stereocenters. The number of aromatic nitrogens is 1. The molecule has 1 aromatic carbocycles. The third-order valence-electron chi connectivity index (χ3n) is 3.67. The third kappa shape index (κ3) is 2.83. The van der Waals surface area contributed by atoms with Gasteiger partial charge in [-0.3, -0.25) is 14.6 Å². The van der Waals surface area contributed by atoms with E-state index < -0.39 is 0 Å². The van der Waals surface area contributed by atoms with Gasteiger partial charge in [0.25, 0.3) is 5.91 Å². The van der Waals surface area contributed by atoms with Gasteiger partial charge >= 0.3 is 0 Å². The highest BCUT2D eigenvalue weighted by Gasteiger charge is 2.23. The van der Waals surface area contributed by atoms with Gasteiger partial charge in [0.15, 0.2) is 0 Å². The van der Waals surface area contributed by atoms with Gasteiger partial charge in [-0.15, -0.1) is 0 Å². The Morgan fingerprint density at radius 2 is 2.14 bits per heavy atom. The van der Waals surface area contributed by atoms with Crippen molar-refractivity contribution in [3.63, 3.8) is 0 Å². The lowest BCUT2D eigenvalue weighted by atomic mass is 10.00. The fourth-order valence-corrected chi connectivity index (χ4v) is 2.73. The highest BCUT2D eigenvalue weighted by Crippen LogP contribution is 2.30. The van der Waals surface area contributed by atoms with Crippen LogP contribution in [0.4, 0.5) is 11.4 Å². The van der Waals surface area contributed by atoms with Crippen molar-refractivity contribution < 1.29 is 9.59 Å². The fraction of sp³-hybridized carbons (Fsp3) is 0.235. The summed E-state index contributed by atoms with van der Waals surface area (Å²) in [7, 11) is 0. The molecule has 0 unspecified atom stereocenters. The number of aryl methyl sites for hydroxylation is 1. The predicted octanol–water partition coefficient (Wildman–Crippen LogP) is 2.63. The van der Waals surface area contributed by atoms with Gasteiger partial charge < -0.3 is 10.2 Å². The summed E-state index contributed by atoms with van der Waals surface area (Å²) in [4.78, 5) is 29.6. The molecule has 5 heteroatoms. The van der Waals surface area contributed by atoms with Crippen LogP contribution in [0.5, 0.6) is 0 Å². The molecule has 0 aliphatic carbocycles. The summed E-state index contributed by atoms with van der Waals surface area (Å²) >= 11 is 0. The molecule has 0 spiro atoms. The van der Waals surface area contributed by atoms with Crippen LogP contribution in [0, 0.1) is 0 Å². The topological polar surface area (TPSA) is 62.3 Å². The Morgan fingerprint density at radius 1 is 1.27 bits per heavy atom. The quantitative estimate of drug-likeness (QED) is 0.926. The van der Waals surface area contributed by atoms with E-state index in [2.05, 4.69) is 10.3 Å². The van der Waals surface area contributed by atoms with E-state index in [9.17, 15) is 9.59 Å². The van der Waals surface area contributed by atoms with Gasteiger partial charge in [-0.1, -0.05) is 0 Å². The number of benzene rings is 1. The largest absolute Gasteiger partial charge is 0.326 e. The lowest BCUT2D eigenvalue weighted by molar-refractivity contribution is -0.114. The summed E-state index contributed by atoms with van der Waals surface area (Å²) in [5.74, 6) is -0.139. The Hall–Kier alpha value is -2.69. The van der Waals surface area contributed by atoms with E-state index in [1.165, 1.54) is 6.92 Å². The minimum Gasteiger partial charge on any atom is -0.326 e. The molecule has 0 saturated carbocycles. The van der Waals surface area contributed by atoms with E-state index in [-0.39, 0.29) is 11.8 Å². The van der Waals surface area contributed by atoms with Crippen LogP contribution in [0.15, 0.2) is 42.7 Å². The van der Waals surface area contributed by atoms with Crippen LogP contribution < -0.4 is 10.2 Å². The number of carbonyl (C=O) groups is 2. The minimum absolute atomic E-state index is 0.0404. The van der Waals surface area contributed by atoms with E-state index in [4.69, 9.17) is 0 Å². The average Bonchev–Trinajstić information content (AvgIpc) is 2.53. The second-order valence-corrected chi connectivity index (χ2v) is 5.33. The van der Waals surface area contributed by atoms with Crippen LogP contribution in [0.1, 0.15) is 29.3 Å². The zero-order chi connectivity index (χ0) is 15.5. The van der Waals surface area contributed by atoms with E-state index in [1.807, 2.05) is 18.2 Å². The smallest absolute Gasteiger partial charge is 0.259 e. The number of hydrogen-bond acceptors (Lipinski definition) is 3. The molecule has 0 radical (unpaired) electrons. The molecule has 0 saturated heterocycles. The number of pyridine rings is 1. The first-order chi connectivity index (χ1) is 10.6. The van der Waals surface area contributed by atoms with Gasteiger partial charge in [0, 0.05) is 37.2 Å². The summed E-state index contributed by atoms with van der Waals surface area (Å²) < 4.78 is 0. The molecule has 0 fully saturated rings. The molecular formula is C17H17N3O2. The van der Waals surface area contributed by atoms with E-state index >= 15 is 0 Å². The molecule has 0 bridgehead atoms. The second kappa shape index (κ2) is 5.97. The molecule has 2 aromatic rings. The standard InChI is InChI=1S/C17H17N3O2/c1-12(21)19-15-6-7-16-13(10-15)5-3-9-20(16)17(22)14-4-2-8-18-11-14/h2,4,6-8,10-11H,3,5,9H2,1H3,(H,19,21). The first-order valence-electron chi connectivity index (χ1n) is 7.27. The van der Waals surface area contributed by atoms with Crippen LogP contribution in [0.25, 0.3) is 0 Å². The van der Waals surface area contributed by atoms with Gasteiger partial charge in [0.1, 0.15) is 0 Å². The molecule has 5 nitrogen and oxygen atoms in total. The van der Waals surface area contributed by atoms with Gasteiger partial charge in [-0.2, -0.15) is 0 Å². The van der Waals surface area contributed by atoms with E-state index in [1.54, 1.807) is 29.4 Å². The van der Waals surface area contributed by atoms with E-state index in [0.29, 0.717) is 12.1 Å². The molecule has 1 aliphatic rings. The fourth-order valence-electron chi connectivity index (χ4n) is 2.73. The summed E-state index contributed by atoms with van der Waals surface area (Å²) in [6.45, 7) is 2.18. The maximum Gasteiger partial charge on any atom is 0.259 e. The van der Waals surface area contributed by atoms with E-state index in [0.717, 1.165) is 29.8 Å². The van der Waals surface area contributed by atoms with Crippen LogP contribution in [0.2, 0.25) is 0 Å². The first kappa shape index (κ1) is 14.3. The lowest BCUT2D eigenvalue weighted by Gasteiger charge is -2.30. The summed E-state index contributed by atoms with van der Waals surface area (Å²) in [5.41, 5.74) is 3.34. The molecule has 1 N–H and O–H groups in total. The zero-order valence-electron chi connectivity index (χ0n) is 12.4. The number of nitrogens with zero attached hydrogens (tertiary/aromatic N) is 2. The van der Waals surface area contributed by atoms with Crippen LogP contribution in [-0.2, 0) is 11.2 Å². The number of anilines is 2. The number of carbonyl (C=O) groups excluding carboxylic acids is 2. The van der Waals surface area contributed by atoms with Crippen LogP contribution >= 0.6 is 0 Å². The molecule has 112 valence electrons. The summed E-state index contributed by atoms with van der Waals surface area (Å²) in [6, 6.07) is 9.20. The maximum atomic E-state index is 12.6. The minimum atomic E-state index is -0.0981. The number of hydrogen-bond donors (Lipinski definition) is 1. The highest BCUT2D eigenvalue weighted by atomic mass is 16.2. The maximum absolute atomic E-state index is 12.6. The van der Waals surface area contributed by atoms with Crippen LogP contribution in [0.3, 0.4) is 0 Å². The van der Waals surface area contributed by atoms with Gasteiger partial charge in [-0.25, -0.2) is 0 Å². The SMILES string of the molecule is CC(=O)Nc1ccc2c(c1)CCCN2C(=O)c1cccnc1. The van der Waals surface area contributed by atoms with Crippen LogP contribution in [-0.4, -0.2) is 23.3 Å². The molecule has 2 heterocycles. The summed E-state index contributed by atoms with van der Waals surface area (Å²) in [6.07, 6.45) is 5.05. The van der Waals surface area contributed by atoms with Crippen molar-refractivity contribution in [2.24, 2.45) is 0 Å². The number of fused-ring (bicyclic) bond motifs is 1. The predicted molar refractivity (Wildman–Crippen MR) is 85.0 cm³/mol. The number of amides is 2. The third-order valence-corrected chi connectivity index (χ3v) is 3.67. The molecule has 22 heavy (non-hydrogen) atoms. The number of nitrogens with one attached hydrogen (secondary N) is 1. The van der Waals surface area contributed by atoms with Crippen molar-refractivity contribution in [3.8, 4) is 0 Å². The second-order valence-electron chi connectivity index (χ2n) is 5.33. The first-order valence-corrected chi connectivity index (χ1v) is 7.27. The zero-order valence-corrected chi connectivity index (χ0v) is 12.4. The van der Waals surface area contributed by atoms with Crippen molar-refractivity contribution in [3.05, 3.63) is 53.9 Å². The Labute approximate surface area is 129 Å². The molecule has 1 aromatic heterocycles. The van der Waals surface area contributed by atoms with Crippen molar-refractivity contribution >= 4 is 23.2 Å². The highest BCUT2D eigenvalue weighted by molar-refractivity contribution is 6.06. The van der Waals surface area contributed by atoms with Gasteiger partial charge in [0.2, 0.25) is 5.91 Å². The normalized spacial score (nSPS) is 13.4. The Kier molecular flexibility index (Phi) is 3.87. The van der Waals surface area contributed by atoms with Crippen molar-refractivity contribution in [1.29, 1.82) is 0 Å². The molecule has 2 amide bonds. The Bertz CT molecular complexity index is 713. The monoisotopic (exact) mass is 295 g/mol. The molecular weight excluding hydrogens is 278 g/mol. The van der Waals surface area contributed by atoms with Gasteiger partial charge in [0.05, 0.1) is 5.56 Å². The molecule has 3 rings (SSSR count). The number of rotatable bonds is 2. The Morgan fingerprint density at radius 3 is 2.86 bits per heavy atom. The molecule has 1 aliphatic heterocycles. The van der Waals surface area contributed by atoms with Crippen molar-refractivity contribution in [2.75, 3.05) is 16.8 Å². The van der Waals surface area contributed by atoms with Crippen molar-refractivity contribution in [1.82, 2.24) is 4.98 Å². The Balaban J connectivity index is 1.91. The summed E-state index contributed by atoms with van der Waals surface area (Å²) in [5, 5.41) is 2.78.